The van der Waals surface area contributed by atoms with Gasteiger partial charge in [0.2, 0.25) is 11.8 Å². The summed E-state index contributed by atoms with van der Waals surface area (Å²) in [5.41, 5.74) is -1.30. The van der Waals surface area contributed by atoms with E-state index < -0.39 is 29.6 Å². The van der Waals surface area contributed by atoms with Gasteiger partial charge in [0.15, 0.2) is 0 Å². The van der Waals surface area contributed by atoms with Crippen molar-refractivity contribution in [3.05, 3.63) is 29.3 Å². The molecule has 1 aromatic rings. The number of morpholine rings is 1. The summed E-state index contributed by atoms with van der Waals surface area (Å²) in [5.74, 6) is -1.43. The van der Waals surface area contributed by atoms with Gasteiger partial charge in [0, 0.05) is 30.8 Å². The number of alkyl halides is 3. The second-order valence-corrected chi connectivity index (χ2v) is 7.61. The molecule has 1 aromatic carbocycles. The molecule has 2 bridgehead atoms. The Morgan fingerprint density at radius 2 is 1.79 bits per heavy atom. The van der Waals surface area contributed by atoms with Gasteiger partial charge in [-0.3, -0.25) is 14.4 Å². The van der Waals surface area contributed by atoms with E-state index in [0.717, 1.165) is 25.0 Å². The molecule has 3 heterocycles. The zero-order valence-corrected chi connectivity index (χ0v) is 15.4. The molecule has 3 aliphatic heterocycles. The molecule has 3 atom stereocenters. The van der Waals surface area contributed by atoms with Gasteiger partial charge in [-0.2, -0.15) is 13.2 Å². The fourth-order valence-corrected chi connectivity index (χ4v) is 3.99. The van der Waals surface area contributed by atoms with Crippen LogP contribution < -0.4 is 10.6 Å². The molecule has 156 valence electrons. The Bertz CT molecular complexity index is 846. The number of benzene rings is 1. The zero-order valence-electron chi connectivity index (χ0n) is 15.4. The van der Waals surface area contributed by atoms with E-state index >= 15 is 0 Å². The lowest BCUT2D eigenvalue weighted by Gasteiger charge is -2.32. The number of nitrogens with one attached hydrogen (secondary N) is 2. The van der Waals surface area contributed by atoms with Gasteiger partial charge in [-0.25, -0.2) is 0 Å². The number of hydrogen-bond acceptors (Lipinski definition) is 4. The molecule has 1 unspecified atom stereocenters. The van der Waals surface area contributed by atoms with Crippen LogP contribution in [-0.2, 0) is 20.5 Å². The number of carbonyl (C=O) groups is 3. The highest BCUT2D eigenvalue weighted by molar-refractivity contribution is 6.01. The molecule has 3 amide bonds. The fraction of sp³-hybridized carbons (Fsp3) is 0.526. The lowest BCUT2D eigenvalue weighted by molar-refractivity contribution is -0.137. The molecule has 0 aromatic heterocycles. The maximum Gasteiger partial charge on any atom is 0.416 e. The predicted octanol–water partition coefficient (Wildman–Crippen LogP) is 1.93. The quantitative estimate of drug-likeness (QED) is 0.796. The number of ether oxygens (including phenoxy) is 1. The Morgan fingerprint density at radius 1 is 1.10 bits per heavy atom. The summed E-state index contributed by atoms with van der Waals surface area (Å²) < 4.78 is 45.8. The molecule has 29 heavy (non-hydrogen) atoms. The first kappa shape index (κ1) is 19.7. The SMILES string of the molecule is O=C1CCC(C(=O)Nc2cc(C(=O)N3C[C@H]4CC[C@@H](C3)O4)cc(C(F)(F)F)c2)N1. The summed E-state index contributed by atoms with van der Waals surface area (Å²) in [4.78, 5) is 37.9. The number of likely N-dealkylation sites (tertiary alicyclic amines) is 1. The molecule has 4 rings (SSSR count). The van der Waals surface area contributed by atoms with Crippen LogP contribution in [0.15, 0.2) is 18.2 Å². The molecule has 3 fully saturated rings. The van der Waals surface area contributed by atoms with Crippen molar-refractivity contribution in [1.29, 1.82) is 0 Å². The second-order valence-electron chi connectivity index (χ2n) is 7.61. The lowest BCUT2D eigenvalue weighted by Crippen LogP contribution is -2.45. The van der Waals surface area contributed by atoms with Crippen LogP contribution in [-0.4, -0.2) is 54.0 Å². The number of carbonyl (C=O) groups excluding carboxylic acids is 3. The smallest absolute Gasteiger partial charge is 0.371 e. The van der Waals surface area contributed by atoms with Crippen LogP contribution in [0.25, 0.3) is 0 Å². The van der Waals surface area contributed by atoms with Crippen LogP contribution in [0.2, 0.25) is 0 Å². The van der Waals surface area contributed by atoms with E-state index in [2.05, 4.69) is 10.6 Å². The number of halogens is 3. The summed E-state index contributed by atoms with van der Waals surface area (Å²) in [5, 5.41) is 4.86. The average molecular weight is 411 g/mol. The molecule has 7 nitrogen and oxygen atoms in total. The molecule has 0 radical (unpaired) electrons. The Hall–Kier alpha value is -2.62. The van der Waals surface area contributed by atoms with Crippen molar-refractivity contribution in [1.82, 2.24) is 10.2 Å². The third-order valence-corrected chi connectivity index (χ3v) is 5.42. The average Bonchev–Trinajstić information content (AvgIpc) is 3.25. The number of anilines is 1. The zero-order chi connectivity index (χ0) is 20.8. The van der Waals surface area contributed by atoms with Crippen molar-refractivity contribution in [2.75, 3.05) is 18.4 Å². The number of hydrogen-bond donors (Lipinski definition) is 2. The molecule has 10 heteroatoms. The van der Waals surface area contributed by atoms with Gasteiger partial charge >= 0.3 is 6.18 Å². The third kappa shape index (κ3) is 4.21. The largest absolute Gasteiger partial charge is 0.416 e. The minimum atomic E-state index is -4.68. The highest BCUT2D eigenvalue weighted by Gasteiger charge is 2.37. The van der Waals surface area contributed by atoms with Gasteiger partial charge in [0.05, 0.1) is 17.8 Å². The highest BCUT2D eigenvalue weighted by atomic mass is 19.4. The van der Waals surface area contributed by atoms with Crippen LogP contribution >= 0.6 is 0 Å². The summed E-state index contributed by atoms with van der Waals surface area (Å²) >= 11 is 0. The van der Waals surface area contributed by atoms with Gasteiger partial charge in [-0.15, -0.1) is 0 Å². The maximum atomic E-state index is 13.4. The number of amides is 3. The van der Waals surface area contributed by atoms with Crippen LogP contribution in [0.4, 0.5) is 18.9 Å². The van der Waals surface area contributed by atoms with Gasteiger partial charge in [0.1, 0.15) is 6.04 Å². The molecule has 3 aliphatic rings. The fourth-order valence-electron chi connectivity index (χ4n) is 3.99. The van der Waals surface area contributed by atoms with E-state index in [1.807, 2.05) is 0 Å². The van der Waals surface area contributed by atoms with E-state index in [4.69, 9.17) is 4.74 Å². The summed E-state index contributed by atoms with van der Waals surface area (Å²) in [6.45, 7) is 0.669. The lowest BCUT2D eigenvalue weighted by atomic mass is 10.1. The van der Waals surface area contributed by atoms with Crippen LogP contribution in [0, 0.1) is 0 Å². The second kappa shape index (κ2) is 7.33. The molecule has 0 aliphatic carbocycles. The first-order valence-corrected chi connectivity index (χ1v) is 9.46. The third-order valence-electron chi connectivity index (χ3n) is 5.42. The van der Waals surface area contributed by atoms with Crippen molar-refractivity contribution >= 4 is 23.4 Å². The molecule has 3 saturated heterocycles. The van der Waals surface area contributed by atoms with Gasteiger partial charge in [-0.1, -0.05) is 0 Å². The maximum absolute atomic E-state index is 13.4. The van der Waals surface area contributed by atoms with E-state index in [9.17, 15) is 27.6 Å². The Labute approximate surface area is 164 Å². The highest BCUT2D eigenvalue weighted by Crippen LogP contribution is 2.33. The minimum Gasteiger partial charge on any atom is -0.371 e. The van der Waals surface area contributed by atoms with Crippen LogP contribution in [0.1, 0.15) is 41.6 Å². The molecule has 0 spiro atoms. The van der Waals surface area contributed by atoms with Crippen molar-refractivity contribution < 1.29 is 32.3 Å². The molecule has 2 N–H and O–H groups in total. The van der Waals surface area contributed by atoms with Gasteiger partial charge < -0.3 is 20.3 Å². The van der Waals surface area contributed by atoms with Gasteiger partial charge in [0.25, 0.3) is 5.91 Å². The molecular formula is C19H20F3N3O4. The van der Waals surface area contributed by atoms with Crippen molar-refractivity contribution in [3.63, 3.8) is 0 Å². The van der Waals surface area contributed by atoms with E-state index in [1.165, 1.54) is 11.0 Å². The predicted molar refractivity (Wildman–Crippen MR) is 95.0 cm³/mol. The Balaban J connectivity index is 1.58. The molecular weight excluding hydrogens is 391 g/mol. The van der Waals surface area contributed by atoms with Crippen LogP contribution in [0.3, 0.4) is 0 Å². The molecule has 0 saturated carbocycles. The summed E-state index contributed by atoms with van der Waals surface area (Å²) in [6.07, 6.45) is -2.75. The normalized spacial score (nSPS) is 26.4. The minimum absolute atomic E-state index is 0.0892. The Kier molecular flexibility index (Phi) is 4.97. The van der Waals surface area contributed by atoms with Crippen molar-refractivity contribution in [2.24, 2.45) is 0 Å². The van der Waals surface area contributed by atoms with Crippen LogP contribution in [0.5, 0.6) is 0 Å². The van der Waals surface area contributed by atoms with E-state index in [0.29, 0.717) is 13.1 Å². The summed E-state index contributed by atoms with van der Waals surface area (Å²) in [6, 6.07) is 2.02. The van der Waals surface area contributed by atoms with Gasteiger partial charge in [-0.05, 0) is 37.5 Å². The number of fused-ring (bicyclic) bond motifs is 2. The first-order valence-electron chi connectivity index (χ1n) is 9.46. The van der Waals surface area contributed by atoms with Crippen molar-refractivity contribution in [3.8, 4) is 0 Å². The van der Waals surface area contributed by atoms with E-state index in [1.54, 1.807) is 0 Å². The van der Waals surface area contributed by atoms with E-state index in [-0.39, 0.29) is 42.2 Å². The topological polar surface area (TPSA) is 87.7 Å². The standard InChI is InChI=1S/C19H20F3N3O4/c20-19(21,22)11-5-10(18(28)25-8-13-1-2-14(9-25)29-13)6-12(7-11)23-17(27)15-3-4-16(26)24-15/h5-7,13-15H,1-4,8-9H2,(H,23,27)(H,24,26)/t13-,14+,15?. The number of rotatable bonds is 3. The number of nitrogens with zero attached hydrogens (tertiary/aromatic N) is 1. The monoisotopic (exact) mass is 411 g/mol. The summed E-state index contributed by atoms with van der Waals surface area (Å²) in [7, 11) is 0. The first-order chi connectivity index (χ1) is 13.7. The van der Waals surface area contributed by atoms with Crippen molar-refractivity contribution in [2.45, 2.75) is 50.1 Å². The Morgan fingerprint density at radius 3 is 2.38 bits per heavy atom.